The highest BCUT2D eigenvalue weighted by molar-refractivity contribution is 5.85. The molecule has 6 aliphatic rings. The summed E-state index contributed by atoms with van der Waals surface area (Å²) in [6, 6.07) is -0.629. The molecule has 0 amide bonds. The van der Waals surface area contributed by atoms with Crippen LogP contribution >= 0.6 is 0 Å². The van der Waals surface area contributed by atoms with E-state index in [2.05, 4.69) is 13.8 Å². The highest BCUT2D eigenvalue weighted by atomic mass is 16.7. The predicted molar refractivity (Wildman–Crippen MR) is 135 cm³/mol. The zero-order chi connectivity index (χ0) is 26.3. The Kier molecular flexibility index (Phi) is 6.37. The minimum absolute atomic E-state index is 0.0253. The van der Waals surface area contributed by atoms with Crippen molar-refractivity contribution in [2.45, 2.75) is 121 Å². The second kappa shape index (κ2) is 9.00. The molecule has 5 N–H and O–H groups in total. The van der Waals surface area contributed by atoms with E-state index < -0.39 is 30.1 Å². The number of carbonyl (C=O) groups excluding carboxylic acids is 1. The van der Waals surface area contributed by atoms with Gasteiger partial charge in [0.25, 0.3) is 0 Å². The molecule has 8 nitrogen and oxygen atoms in total. The number of ether oxygens (including phenoxy) is 3. The summed E-state index contributed by atoms with van der Waals surface area (Å²) >= 11 is 0. The van der Waals surface area contributed by atoms with E-state index in [1.54, 1.807) is 13.0 Å². The molecule has 208 valence electrons. The average molecular weight is 520 g/mol. The van der Waals surface area contributed by atoms with Gasteiger partial charge in [0, 0.05) is 11.5 Å². The normalized spacial score (nSPS) is 55.6. The molecule has 0 spiro atoms. The van der Waals surface area contributed by atoms with E-state index in [4.69, 9.17) is 19.9 Å². The molecule has 2 heterocycles. The molecule has 4 saturated carbocycles. The lowest BCUT2D eigenvalue weighted by Crippen LogP contribution is -2.63. The van der Waals surface area contributed by atoms with Gasteiger partial charge in [-0.1, -0.05) is 13.8 Å². The van der Waals surface area contributed by atoms with Crippen molar-refractivity contribution in [3.63, 3.8) is 0 Å². The third-order valence-corrected chi connectivity index (χ3v) is 12.2. The molecule has 8 unspecified atom stereocenters. The Bertz CT molecular complexity index is 957. The molecule has 0 radical (unpaired) electrons. The first-order valence-corrected chi connectivity index (χ1v) is 14.5. The van der Waals surface area contributed by atoms with Crippen LogP contribution in [0.2, 0.25) is 0 Å². The third-order valence-electron chi connectivity index (χ3n) is 12.2. The van der Waals surface area contributed by atoms with E-state index in [1.165, 1.54) is 0 Å². The maximum absolute atomic E-state index is 12.4. The maximum Gasteiger partial charge on any atom is 0.331 e. The molecular formula is C29H45NO7. The van der Waals surface area contributed by atoms with Crippen molar-refractivity contribution in [3.8, 4) is 0 Å². The van der Waals surface area contributed by atoms with Gasteiger partial charge in [0.2, 0.25) is 0 Å². The zero-order valence-electron chi connectivity index (χ0n) is 22.5. The first-order chi connectivity index (χ1) is 17.5. The van der Waals surface area contributed by atoms with Gasteiger partial charge in [-0.05, 0) is 99.4 Å². The number of nitrogens with two attached hydrogens (primary N) is 1. The standard InChI is InChI=1S/C29H45NO7/c1-15-23(30)24(32)25(33)26(36-15)37-18-6-9-27(2)17(13-18)4-5-21-20(27)7-10-28(3)19(8-11-29(21,28)34)16-12-22(31)35-14-16/h12,15,17-21,23-26,32-34H,4-11,13-14,30H2,1-3H3/t15?,17?,18-,19?,20?,21+,23?,24-,25-,26?,27?,28?,29-/m0/s1. The first kappa shape index (κ1) is 26.2. The Labute approximate surface area is 219 Å². The summed E-state index contributed by atoms with van der Waals surface area (Å²) in [7, 11) is 0. The Balaban J connectivity index is 1.16. The van der Waals surface area contributed by atoms with Gasteiger partial charge in [-0.15, -0.1) is 0 Å². The fourth-order valence-corrected chi connectivity index (χ4v) is 9.85. The number of hydrogen-bond donors (Lipinski definition) is 4. The zero-order valence-corrected chi connectivity index (χ0v) is 22.5. The molecule has 4 aliphatic carbocycles. The summed E-state index contributed by atoms with van der Waals surface area (Å²) in [5.74, 6) is 1.21. The molecule has 0 bridgehead atoms. The lowest BCUT2D eigenvalue weighted by molar-refractivity contribution is -0.291. The number of rotatable bonds is 3. The van der Waals surface area contributed by atoms with Gasteiger partial charge in [-0.2, -0.15) is 0 Å². The SMILES string of the molecule is CC1OC(O[C@H]2CCC3(C)C(CC[C@@H]4C3CCC3(C)C(C5=CC(=O)OC5)CC[C@]43O)C2)[C@@H](O)[C@@H](O)C1N. The number of hydrogen-bond acceptors (Lipinski definition) is 8. The van der Waals surface area contributed by atoms with Gasteiger partial charge in [0.15, 0.2) is 6.29 Å². The Morgan fingerprint density at radius 3 is 2.54 bits per heavy atom. The van der Waals surface area contributed by atoms with Crippen molar-refractivity contribution in [2.75, 3.05) is 6.61 Å². The van der Waals surface area contributed by atoms with Crippen LogP contribution in [0.5, 0.6) is 0 Å². The van der Waals surface area contributed by atoms with E-state index >= 15 is 0 Å². The fraction of sp³-hybridized carbons (Fsp3) is 0.897. The lowest BCUT2D eigenvalue weighted by atomic mass is 9.43. The topological polar surface area (TPSA) is 131 Å². The summed E-state index contributed by atoms with van der Waals surface area (Å²) in [4.78, 5) is 11.8. The monoisotopic (exact) mass is 519 g/mol. The van der Waals surface area contributed by atoms with Crippen molar-refractivity contribution >= 4 is 5.97 Å². The number of fused-ring (bicyclic) bond motifs is 5. The Morgan fingerprint density at radius 1 is 1.03 bits per heavy atom. The lowest BCUT2D eigenvalue weighted by Gasteiger charge is -2.64. The molecule has 6 rings (SSSR count). The van der Waals surface area contributed by atoms with E-state index in [-0.39, 0.29) is 40.8 Å². The van der Waals surface area contributed by atoms with E-state index in [9.17, 15) is 20.1 Å². The molecular weight excluding hydrogens is 474 g/mol. The van der Waals surface area contributed by atoms with Gasteiger partial charge < -0.3 is 35.3 Å². The van der Waals surface area contributed by atoms with Gasteiger partial charge >= 0.3 is 5.97 Å². The van der Waals surface area contributed by atoms with Gasteiger partial charge in [-0.3, -0.25) is 0 Å². The van der Waals surface area contributed by atoms with Gasteiger partial charge in [-0.25, -0.2) is 4.79 Å². The second-order valence-corrected chi connectivity index (χ2v) is 13.6. The minimum atomic E-state index is -1.15. The number of esters is 1. The van der Waals surface area contributed by atoms with Crippen molar-refractivity contribution in [1.82, 2.24) is 0 Å². The number of aliphatic hydroxyl groups is 3. The van der Waals surface area contributed by atoms with Gasteiger partial charge in [0.1, 0.15) is 18.8 Å². The number of cyclic esters (lactones) is 1. The van der Waals surface area contributed by atoms with Crippen molar-refractivity contribution in [1.29, 1.82) is 0 Å². The van der Waals surface area contributed by atoms with Crippen LogP contribution in [0.25, 0.3) is 0 Å². The van der Waals surface area contributed by atoms with Crippen LogP contribution in [0.3, 0.4) is 0 Å². The Morgan fingerprint density at radius 2 is 1.81 bits per heavy atom. The Hall–Kier alpha value is -1.03. The van der Waals surface area contributed by atoms with Crippen LogP contribution in [0.15, 0.2) is 11.6 Å². The van der Waals surface area contributed by atoms with Crippen molar-refractivity contribution < 1.29 is 34.3 Å². The molecule has 0 aromatic heterocycles. The summed E-state index contributed by atoms with van der Waals surface area (Å²) < 4.78 is 17.3. The summed E-state index contributed by atoms with van der Waals surface area (Å²) in [5, 5.41) is 33.2. The van der Waals surface area contributed by atoms with Crippen molar-refractivity contribution in [2.24, 2.45) is 40.2 Å². The van der Waals surface area contributed by atoms with Crippen LogP contribution in [-0.4, -0.2) is 70.2 Å². The minimum Gasteiger partial charge on any atom is -0.458 e. The van der Waals surface area contributed by atoms with Crippen LogP contribution in [-0.2, 0) is 19.0 Å². The molecule has 37 heavy (non-hydrogen) atoms. The quantitative estimate of drug-likeness (QED) is 0.330. The smallest absolute Gasteiger partial charge is 0.331 e. The van der Waals surface area contributed by atoms with E-state index in [1.807, 2.05) is 0 Å². The molecule has 1 saturated heterocycles. The predicted octanol–water partition coefficient (Wildman–Crippen LogP) is 2.42. The first-order valence-electron chi connectivity index (χ1n) is 14.5. The summed E-state index contributed by atoms with van der Waals surface area (Å²) in [5.41, 5.74) is 6.24. The second-order valence-electron chi connectivity index (χ2n) is 13.6. The van der Waals surface area contributed by atoms with Crippen LogP contribution in [0.1, 0.15) is 78.6 Å². The molecule has 5 fully saturated rings. The van der Waals surface area contributed by atoms with E-state index in [0.717, 1.165) is 63.4 Å². The average Bonchev–Trinajstić information content (AvgIpc) is 3.41. The molecule has 13 atom stereocenters. The molecule has 8 heteroatoms. The number of aliphatic hydroxyl groups excluding tert-OH is 2. The maximum atomic E-state index is 12.4. The van der Waals surface area contributed by atoms with Crippen molar-refractivity contribution in [3.05, 3.63) is 11.6 Å². The van der Waals surface area contributed by atoms with Crippen LogP contribution < -0.4 is 5.73 Å². The molecule has 0 aromatic carbocycles. The largest absolute Gasteiger partial charge is 0.458 e. The van der Waals surface area contributed by atoms with Gasteiger partial charge in [0.05, 0.1) is 23.9 Å². The number of carbonyl (C=O) groups is 1. The van der Waals surface area contributed by atoms with E-state index in [0.29, 0.717) is 18.4 Å². The fourth-order valence-electron chi connectivity index (χ4n) is 9.85. The highest BCUT2D eigenvalue weighted by Gasteiger charge is 2.67. The highest BCUT2D eigenvalue weighted by Crippen LogP contribution is 2.70. The molecule has 0 aromatic rings. The summed E-state index contributed by atoms with van der Waals surface area (Å²) in [6.45, 7) is 6.89. The van der Waals surface area contributed by atoms with Crippen LogP contribution in [0, 0.1) is 34.5 Å². The summed E-state index contributed by atoms with van der Waals surface area (Å²) in [6.07, 6.45) is 6.88. The van der Waals surface area contributed by atoms with Crippen LogP contribution in [0.4, 0.5) is 0 Å². The third kappa shape index (κ3) is 3.80. The molecule has 2 aliphatic heterocycles.